The first-order valence-electron chi connectivity index (χ1n) is 4.85. The maximum atomic E-state index is 13.2. The Hall–Kier alpha value is -2.30. The molecule has 4 nitrogen and oxygen atoms in total. The second-order valence-corrected chi connectivity index (χ2v) is 3.35. The van der Waals surface area contributed by atoms with E-state index in [0.29, 0.717) is 17.4 Å². The molecule has 2 aromatic rings. The SMILES string of the molecule is COc1ncc(-c2cc(F)cc(C=O)c2)cn1. The summed E-state index contributed by atoms with van der Waals surface area (Å²) >= 11 is 0. The molecule has 0 aliphatic heterocycles. The van der Waals surface area contributed by atoms with Gasteiger partial charge in [0.25, 0.3) is 0 Å². The number of aldehydes is 1. The second-order valence-electron chi connectivity index (χ2n) is 3.35. The number of benzene rings is 1. The number of hydrogen-bond donors (Lipinski definition) is 0. The molecule has 2 rings (SSSR count). The van der Waals surface area contributed by atoms with E-state index in [2.05, 4.69) is 9.97 Å². The van der Waals surface area contributed by atoms with Crippen molar-refractivity contribution in [2.75, 3.05) is 7.11 Å². The fourth-order valence-corrected chi connectivity index (χ4v) is 1.42. The van der Waals surface area contributed by atoms with Gasteiger partial charge in [-0.2, -0.15) is 0 Å². The van der Waals surface area contributed by atoms with Gasteiger partial charge in [0.2, 0.25) is 0 Å². The Balaban J connectivity index is 2.44. The Kier molecular flexibility index (Phi) is 3.09. The molecule has 0 bridgehead atoms. The van der Waals surface area contributed by atoms with Crippen LogP contribution in [-0.4, -0.2) is 23.4 Å². The molecule has 1 aromatic carbocycles. The van der Waals surface area contributed by atoms with Crippen LogP contribution in [0.25, 0.3) is 11.1 Å². The summed E-state index contributed by atoms with van der Waals surface area (Å²) < 4.78 is 18.0. The van der Waals surface area contributed by atoms with E-state index < -0.39 is 5.82 Å². The third-order valence-corrected chi connectivity index (χ3v) is 2.20. The molecule has 0 saturated carbocycles. The second kappa shape index (κ2) is 4.69. The minimum Gasteiger partial charge on any atom is -0.467 e. The fourth-order valence-electron chi connectivity index (χ4n) is 1.42. The highest BCUT2D eigenvalue weighted by Gasteiger charge is 2.04. The molecule has 17 heavy (non-hydrogen) atoms. The van der Waals surface area contributed by atoms with Crippen LogP contribution in [0.5, 0.6) is 6.01 Å². The van der Waals surface area contributed by atoms with Gasteiger partial charge in [0.15, 0.2) is 0 Å². The highest BCUT2D eigenvalue weighted by molar-refractivity contribution is 5.78. The molecule has 0 radical (unpaired) electrons. The standard InChI is InChI=1S/C12H9FN2O2/c1-17-12-14-5-10(6-15-12)9-2-8(7-16)3-11(13)4-9/h2-7H,1H3. The van der Waals surface area contributed by atoms with Gasteiger partial charge in [-0.3, -0.25) is 4.79 Å². The number of methoxy groups -OCH3 is 1. The Bertz CT molecular complexity index is 541. The monoisotopic (exact) mass is 232 g/mol. The summed E-state index contributed by atoms with van der Waals surface area (Å²) in [6, 6.07) is 4.29. The predicted molar refractivity (Wildman–Crippen MR) is 59.4 cm³/mol. The topological polar surface area (TPSA) is 52.1 Å². The van der Waals surface area contributed by atoms with Crippen molar-refractivity contribution in [2.24, 2.45) is 0 Å². The Morgan fingerprint density at radius 1 is 1.18 bits per heavy atom. The van der Waals surface area contributed by atoms with Gasteiger partial charge in [-0.25, -0.2) is 14.4 Å². The van der Waals surface area contributed by atoms with Crippen LogP contribution in [0.3, 0.4) is 0 Å². The van der Waals surface area contributed by atoms with Crippen molar-refractivity contribution >= 4 is 6.29 Å². The van der Waals surface area contributed by atoms with E-state index in [-0.39, 0.29) is 11.6 Å². The summed E-state index contributed by atoms with van der Waals surface area (Å²) in [6.45, 7) is 0. The van der Waals surface area contributed by atoms with Crippen LogP contribution in [0.2, 0.25) is 0 Å². The first-order chi connectivity index (χ1) is 8.22. The molecular formula is C12H9FN2O2. The molecule has 0 unspecified atom stereocenters. The maximum absolute atomic E-state index is 13.2. The lowest BCUT2D eigenvalue weighted by Crippen LogP contribution is -1.92. The lowest BCUT2D eigenvalue weighted by molar-refractivity contribution is 0.112. The molecular weight excluding hydrogens is 223 g/mol. The van der Waals surface area contributed by atoms with Crippen LogP contribution in [-0.2, 0) is 0 Å². The zero-order chi connectivity index (χ0) is 12.3. The third-order valence-electron chi connectivity index (χ3n) is 2.20. The molecule has 0 aliphatic rings. The summed E-state index contributed by atoms with van der Waals surface area (Å²) in [4.78, 5) is 18.5. The summed E-state index contributed by atoms with van der Waals surface area (Å²) in [6.07, 6.45) is 3.61. The Morgan fingerprint density at radius 2 is 1.88 bits per heavy atom. The molecule has 1 aromatic heterocycles. The van der Waals surface area contributed by atoms with Gasteiger partial charge < -0.3 is 4.74 Å². The molecule has 0 amide bonds. The van der Waals surface area contributed by atoms with Crippen molar-refractivity contribution in [1.29, 1.82) is 0 Å². The number of aromatic nitrogens is 2. The number of carbonyl (C=O) groups excluding carboxylic acids is 1. The van der Waals surface area contributed by atoms with E-state index in [9.17, 15) is 9.18 Å². The lowest BCUT2D eigenvalue weighted by atomic mass is 10.1. The van der Waals surface area contributed by atoms with Crippen LogP contribution in [0.1, 0.15) is 10.4 Å². The van der Waals surface area contributed by atoms with Crippen LogP contribution in [0.4, 0.5) is 4.39 Å². The van der Waals surface area contributed by atoms with Crippen LogP contribution < -0.4 is 4.74 Å². The number of nitrogens with zero attached hydrogens (tertiary/aromatic N) is 2. The zero-order valence-electron chi connectivity index (χ0n) is 9.05. The lowest BCUT2D eigenvalue weighted by Gasteiger charge is -2.03. The van der Waals surface area contributed by atoms with Gasteiger partial charge in [0.1, 0.15) is 12.1 Å². The fraction of sp³-hybridized carbons (Fsp3) is 0.0833. The van der Waals surface area contributed by atoms with Crippen molar-refractivity contribution in [3.05, 3.63) is 42.0 Å². The molecule has 0 spiro atoms. The number of hydrogen-bond acceptors (Lipinski definition) is 4. The molecule has 0 atom stereocenters. The zero-order valence-corrected chi connectivity index (χ0v) is 9.05. The molecule has 0 fully saturated rings. The minimum absolute atomic E-state index is 0.237. The normalized spacial score (nSPS) is 10.0. The van der Waals surface area contributed by atoms with E-state index in [0.717, 1.165) is 0 Å². The van der Waals surface area contributed by atoms with Crippen molar-refractivity contribution < 1.29 is 13.9 Å². The number of carbonyl (C=O) groups is 1. The van der Waals surface area contributed by atoms with Crippen molar-refractivity contribution in [3.63, 3.8) is 0 Å². The van der Waals surface area contributed by atoms with Gasteiger partial charge in [-0.1, -0.05) is 0 Å². The van der Waals surface area contributed by atoms with Crippen molar-refractivity contribution in [1.82, 2.24) is 9.97 Å². The summed E-state index contributed by atoms with van der Waals surface area (Å²) in [7, 11) is 1.46. The quantitative estimate of drug-likeness (QED) is 0.760. The number of halogens is 1. The molecule has 0 saturated heterocycles. The number of rotatable bonds is 3. The Labute approximate surface area is 97.1 Å². The average molecular weight is 232 g/mol. The van der Waals surface area contributed by atoms with Gasteiger partial charge in [0, 0.05) is 23.5 Å². The summed E-state index contributed by atoms with van der Waals surface area (Å²) in [5.74, 6) is -0.472. The first kappa shape index (κ1) is 11.2. The van der Waals surface area contributed by atoms with Gasteiger partial charge in [-0.15, -0.1) is 0 Å². The van der Waals surface area contributed by atoms with E-state index in [1.807, 2.05) is 0 Å². The molecule has 86 valence electrons. The average Bonchev–Trinajstić information content (AvgIpc) is 2.38. The molecule has 5 heteroatoms. The van der Waals surface area contributed by atoms with Gasteiger partial charge >= 0.3 is 6.01 Å². The summed E-state index contributed by atoms with van der Waals surface area (Å²) in [5, 5.41) is 0. The van der Waals surface area contributed by atoms with Crippen molar-refractivity contribution in [3.8, 4) is 17.1 Å². The van der Waals surface area contributed by atoms with Crippen LogP contribution >= 0.6 is 0 Å². The van der Waals surface area contributed by atoms with Crippen LogP contribution in [0, 0.1) is 5.82 Å². The number of ether oxygens (including phenoxy) is 1. The minimum atomic E-state index is -0.472. The highest BCUT2D eigenvalue weighted by Crippen LogP contribution is 2.20. The smallest absolute Gasteiger partial charge is 0.316 e. The third kappa shape index (κ3) is 2.44. The van der Waals surface area contributed by atoms with Gasteiger partial charge in [0.05, 0.1) is 7.11 Å². The van der Waals surface area contributed by atoms with E-state index >= 15 is 0 Å². The van der Waals surface area contributed by atoms with Crippen LogP contribution in [0.15, 0.2) is 30.6 Å². The van der Waals surface area contributed by atoms with Crippen molar-refractivity contribution in [2.45, 2.75) is 0 Å². The molecule has 0 aliphatic carbocycles. The largest absolute Gasteiger partial charge is 0.467 e. The predicted octanol–water partition coefficient (Wildman–Crippen LogP) is 2.10. The maximum Gasteiger partial charge on any atom is 0.316 e. The first-order valence-corrected chi connectivity index (χ1v) is 4.85. The van der Waals surface area contributed by atoms with E-state index in [1.54, 1.807) is 6.07 Å². The van der Waals surface area contributed by atoms with E-state index in [1.165, 1.54) is 31.6 Å². The van der Waals surface area contributed by atoms with Gasteiger partial charge in [-0.05, 0) is 23.8 Å². The van der Waals surface area contributed by atoms with E-state index in [4.69, 9.17) is 4.74 Å². The molecule has 0 N–H and O–H groups in total. The Morgan fingerprint density at radius 3 is 2.47 bits per heavy atom. The summed E-state index contributed by atoms with van der Waals surface area (Å²) in [5.41, 5.74) is 1.44. The highest BCUT2D eigenvalue weighted by atomic mass is 19.1. The molecule has 1 heterocycles.